The molecule has 1 fully saturated rings. The highest BCUT2D eigenvalue weighted by Gasteiger charge is 2.36. The van der Waals surface area contributed by atoms with E-state index >= 15 is 0 Å². The van der Waals surface area contributed by atoms with Gasteiger partial charge in [-0.3, -0.25) is 9.10 Å². The van der Waals surface area contributed by atoms with E-state index < -0.39 is 10.0 Å². The summed E-state index contributed by atoms with van der Waals surface area (Å²) >= 11 is 0. The van der Waals surface area contributed by atoms with E-state index in [1.165, 1.54) is 4.31 Å². The lowest BCUT2D eigenvalue weighted by atomic mass is 10.1. The van der Waals surface area contributed by atoms with Crippen LogP contribution in [0.15, 0.2) is 41.3 Å². The summed E-state index contributed by atoms with van der Waals surface area (Å²) in [6.07, 6.45) is 2.14. The normalized spacial score (nSPS) is 20.5. The molecule has 2 aromatic rings. The maximum absolute atomic E-state index is 12.8. The Morgan fingerprint density at radius 3 is 2.72 bits per heavy atom. The van der Waals surface area contributed by atoms with Gasteiger partial charge in [-0.15, -0.1) is 12.4 Å². The summed E-state index contributed by atoms with van der Waals surface area (Å²) in [6.45, 7) is 1.31. The van der Waals surface area contributed by atoms with Crippen molar-refractivity contribution in [3.8, 4) is 0 Å². The summed E-state index contributed by atoms with van der Waals surface area (Å²) < 4.78 is 26.8. The van der Waals surface area contributed by atoms with Crippen molar-refractivity contribution in [2.75, 3.05) is 23.9 Å². The minimum Gasteiger partial charge on any atom is -0.353 e. The van der Waals surface area contributed by atoms with Gasteiger partial charge in [0.25, 0.3) is 10.0 Å². The zero-order valence-corrected chi connectivity index (χ0v) is 15.2. The first kappa shape index (κ1) is 18.0. The maximum atomic E-state index is 12.8. The number of hydrogen-bond acceptors (Lipinski definition) is 4. The summed E-state index contributed by atoms with van der Waals surface area (Å²) in [5.74, 6) is -0.280. The molecule has 2 N–H and O–H groups in total. The van der Waals surface area contributed by atoms with Gasteiger partial charge in [-0.1, -0.05) is 24.3 Å². The average molecular weight is 382 g/mol. The second kappa shape index (κ2) is 6.82. The Kier molecular flexibility index (Phi) is 4.90. The first-order valence-corrected chi connectivity index (χ1v) is 9.56. The molecule has 1 amide bonds. The Morgan fingerprint density at radius 1 is 1.24 bits per heavy atom. The van der Waals surface area contributed by atoms with Crippen LogP contribution in [0.4, 0.5) is 5.69 Å². The van der Waals surface area contributed by atoms with Gasteiger partial charge in [-0.2, -0.15) is 0 Å². The van der Waals surface area contributed by atoms with E-state index in [4.69, 9.17) is 0 Å². The number of nitrogens with one attached hydrogen (secondary N) is 2. The third-order valence-corrected chi connectivity index (χ3v) is 6.48. The number of nitrogens with zero attached hydrogens (tertiary/aromatic N) is 1. The number of sulfonamides is 1. The largest absolute Gasteiger partial charge is 0.353 e. The number of hydrogen-bond donors (Lipinski definition) is 2. The van der Waals surface area contributed by atoms with Crippen LogP contribution in [-0.4, -0.2) is 40.0 Å². The molecule has 25 heavy (non-hydrogen) atoms. The second-order valence-electron chi connectivity index (χ2n) is 6.24. The Bertz CT molecular complexity index is 905. The van der Waals surface area contributed by atoms with Crippen LogP contribution in [0.3, 0.4) is 0 Å². The highest BCUT2D eigenvalue weighted by Crippen LogP contribution is 2.41. The van der Waals surface area contributed by atoms with Gasteiger partial charge in [0.2, 0.25) is 5.91 Å². The highest BCUT2D eigenvalue weighted by atomic mass is 35.5. The molecule has 2 aromatic carbocycles. The number of rotatable bonds is 4. The number of carbonyl (C=O) groups is 1. The number of benzene rings is 2. The van der Waals surface area contributed by atoms with Crippen LogP contribution in [0.25, 0.3) is 10.8 Å². The SMILES string of the molecule is Cl.O=C(CN1c2cccc3cccc(c23)S1(=O)=O)NCC1CCCN1. The van der Waals surface area contributed by atoms with Crippen LogP contribution in [0, 0.1) is 0 Å². The highest BCUT2D eigenvalue weighted by molar-refractivity contribution is 7.93. The van der Waals surface area contributed by atoms with Crippen molar-refractivity contribution in [1.82, 2.24) is 10.6 Å². The molecule has 1 atom stereocenters. The molecule has 4 rings (SSSR count). The van der Waals surface area contributed by atoms with E-state index in [0.29, 0.717) is 17.6 Å². The van der Waals surface area contributed by atoms with E-state index in [1.807, 2.05) is 18.2 Å². The zero-order valence-electron chi connectivity index (χ0n) is 13.6. The van der Waals surface area contributed by atoms with E-state index in [9.17, 15) is 13.2 Å². The molecule has 0 radical (unpaired) electrons. The molecule has 2 aliphatic rings. The lowest BCUT2D eigenvalue weighted by Crippen LogP contribution is -2.43. The number of amides is 1. The van der Waals surface area contributed by atoms with Crippen molar-refractivity contribution < 1.29 is 13.2 Å². The maximum Gasteiger partial charge on any atom is 0.265 e. The predicted molar refractivity (Wildman–Crippen MR) is 99.8 cm³/mol. The van der Waals surface area contributed by atoms with Gasteiger partial charge in [0.05, 0.1) is 10.6 Å². The summed E-state index contributed by atoms with van der Waals surface area (Å²) in [5, 5.41) is 7.71. The van der Waals surface area contributed by atoms with Crippen molar-refractivity contribution in [3.63, 3.8) is 0 Å². The van der Waals surface area contributed by atoms with Gasteiger partial charge in [0, 0.05) is 18.0 Å². The van der Waals surface area contributed by atoms with Crippen molar-refractivity contribution in [2.45, 2.75) is 23.8 Å². The average Bonchev–Trinajstić information content (AvgIpc) is 3.16. The molecule has 0 aliphatic carbocycles. The molecule has 1 saturated heterocycles. The zero-order chi connectivity index (χ0) is 16.7. The third-order valence-electron chi connectivity index (χ3n) is 4.68. The fourth-order valence-corrected chi connectivity index (χ4v) is 5.15. The first-order chi connectivity index (χ1) is 11.6. The number of carbonyl (C=O) groups excluding carboxylic acids is 1. The lowest BCUT2D eigenvalue weighted by Gasteiger charge is -2.19. The molecule has 2 aliphatic heterocycles. The van der Waals surface area contributed by atoms with Crippen molar-refractivity contribution >= 4 is 44.8 Å². The summed E-state index contributed by atoms with van der Waals surface area (Å²) in [7, 11) is -3.67. The van der Waals surface area contributed by atoms with Crippen molar-refractivity contribution in [3.05, 3.63) is 36.4 Å². The number of halogens is 1. The molecule has 134 valence electrons. The Hall–Kier alpha value is -1.83. The number of anilines is 1. The van der Waals surface area contributed by atoms with Gasteiger partial charge >= 0.3 is 0 Å². The van der Waals surface area contributed by atoms with Crippen molar-refractivity contribution in [2.24, 2.45) is 0 Å². The van der Waals surface area contributed by atoms with E-state index in [0.717, 1.165) is 24.8 Å². The molecule has 1 unspecified atom stereocenters. The molecule has 0 aromatic heterocycles. The molecule has 0 saturated carbocycles. The van der Waals surface area contributed by atoms with Gasteiger partial charge in [-0.05, 0) is 36.9 Å². The van der Waals surface area contributed by atoms with Crippen LogP contribution in [0.5, 0.6) is 0 Å². The Morgan fingerprint density at radius 2 is 2.00 bits per heavy atom. The fourth-order valence-electron chi connectivity index (χ4n) is 3.48. The van der Waals surface area contributed by atoms with E-state index in [-0.39, 0.29) is 35.8 Å². The monoisotopic (exact) mass is 381 g/mol. The fraction of sp³-hybridized carbons (Fsp3) is 0.353. The van der Waals surface area contributed by atoms with Gasteiger partial charge in [0.1, 0.15) is 6.54 Å². The van der Waals surface area contributed by atoms with Gasteiger partial charge < -0.3 is 10.6 Å². The standard InChI is InChI=1S/C17H19N3O3S.ClH/c21-16(19-10-13-6-3-9-18-13)11-20-14-7-1-4-12-5-2-8-15(17(12)14)24(20,22)23;/h1-2,4-5,7-8,13,18H,3,6,9-11H2,(H,19,21);1H. The van der Waals surface area contributed by atoms with Gasteiger partial charge in [0.15, 0.2) is 0 Å². The molecule has 0 spiro atoms. The minimum atomic E-state index is -3.67. The molecule has 0 bridgehead atoms. The molecule has 6 nitrogen and oxygen atoms in total. The van der Waals surface area contributed by atoms with Crippen LogP contribution in [0.1, 0.15) is 12.8 Å². The molecule has 2 heterocycles. The third kappa shape index (κ3) is 3.07. The van der Waals surface area contributed by atoms with Gasteiger partial charge in [-0.25, -0.2) is 8.42 Å². The molecule has 8 heteroatoms. The second-order valence-corrected chi connectivity index (χ2v) is 8.07. The summed E-state index contributed by atoms with van der Waals surface area (Å²) in [5.41, 5.74) is 0.581. The predicted octanol–water partition coefficient (Wildman–Crippen LogP) is 1.64. The topological polar surface area (TPSA) is 78.5 Å². The smallest absolute Gasteiger partial charge is 0.265 e. The van der Waals surface area contributed by atoms with Crippen LogP contribution < -0.4 is 14.9 Å². The van der Waals surface area contributed by atoms with Crippen LogP contribution in [-0.2, 0) is 14.8 Å². The Labute approximate surface area is 153 Å². The molecular weight excluding hydrogens is 362 g/mol. The first-order valence-electron chi connectivity index (χ1n) is 8.12. The van der Waals surface area contributed by atoms with E-state index in [2.05, 4.69) is 10.6 Å². The minimum absolute atomic E-state index is 0. The van der Waals surface area contributed by atoms with Crippen molar-refractivity contribution in [1.29, 1.82) is 0 Å². The summed E-state index contributed by atoms with van der Waals surface area (Å²) in [6, 6.07) is 10.9. The van der Waals surface area contributed by atoms with E-state index in [1.54, 1.807) is 18.2 Å². The Balaban J connectivity index is 0.00000182. The van der Waals surface area contributed by atoms with Crippen LogP contribution >= 0.6 is 12.4 Å². The molecular formula is C17H20ClN3O3S. The lowest BCUT2D eigenvalue weighted by molar-refractivity contribution is -0.119. The summed E-state index contributed by atoms with van der Waals surface area (Å²) in [4.78, 5) is 12.5. The quantitative estimate of drug-likeness (QED) is 0.843. The van der Waals surface area contributed by atoms with Crippen LogP contribution in [0.2, 0.25) is 0 Å².